The molecule has 0 aromatic carbocycles. The van der Waals surface area contributed by atoms with Gasteiger partial charge in [-0.2, -0.15) is 0 Å². The van der Waals surface area contributed by atoms with E-state index in [1.807, 2.05) is 12.1 Å². The Morgan fingerprint density at radius 2 is 2.40 bits per heavy atom. The van der Waals surface area contributed by atoms with Gasteiger partial charge in [0, 0.05) is 19.1 Å². The van der Waals surface area contributed by atoms with Gasteiger partial charge in [0.05, 0.1) is 12.3 Å². The fourth-order valence-corrected chi connectivity index (χ4v) is 2.26. The molecule has 1 saturated heterocycles. The van der Waals surface area contributed by atoms with E-state index >= 15 is 0 Å². The molecule has 1 fully saturated rings. The van der Waals surface area contributed by atoms with Gasteiger partial charge >= 0.3 is 0 Å². The normalized spacial score (nSPS) is 30.3. The van der Waals surface area contributed by atoms with E-state index in [9.17, 15) is 0 Å². The highest BCUT2D eigenvalue weighted by molar-refractivity contribution is 5.04. The van der Waals surface area contributed by atoms with Crippen LogP contribution in [0.3, 0.4) is 0 Å². The molecule has 3 unspecified atom stereocenters. The van der Waals surface area contributed by atoms with Crippen LogP contribution in [0.2, 0.25) is 0 Å². The standard InChI is InChI=1S/C12H20N2O/c1-9-8-14(6-5-11(9)13)10(2)12-4-3-7-15-12/h3-4,7,9-11H,5-6,8,13H2,1-2H3. The molecule has 0 spiro atoms. The fourth-order valence-electron chi connectivity index (χ4n) is 2.26. The minimum Gasteiger partial charge on any atom is -0.468 e. The maximum Gasteiger partial charge on any atom is 0.120 e. The second kappa shape index (κ2) is 4.37. The monoisotopic (exact) mass is 208 g/mol. The van der Waals surface area contributed by atoms with Crippen LogP contribution < -0.4 is 5.73 Å². The molecular formula is C12H20N2O. The molecule has 3 atom stereocenters. The first-order chi connectivity index (χ1) is 7.18. The SMILES string of the molecule is CC1CN(C(C)c2ccco2)CCC1N. The van der Waals surface area contributed by atoms with Crippen molar-refractivity contribution in [3.05, 3.63) is 24.2 Å². The Kier molecular flexibility index (Phi) is 3.12. The number of piperidine rings is 1. The second-order valence-corrected chi connectivity index (χ2v) is 4.62. The van der Waals surface area contributed by atoms with E-state index in [4.69, 9.17) is 10.2 Å². The predicted molar refractivity (Wildman–Crippen MR) is 60.5 cm³/mol. The summed E-state index contributed by atoms with van der Waals surface area (Å²) in [6, 6.07) is 4.73. The highest BCUT2D eigenvalue weighted by Crippen LogP contribution is 2.25. The molecule has 3 heteroatoms. The van der Waals surface area contributed by atoms with E-state index in [1.54, 1.807) is 6.26 Å². The van der Waals surface area contributed by atoms with Crippen molar-refractivity contribution in [2.75, 3.05) is 13.1 Å². The molecule has 0 aliphatic carbocycles. The summed E-state index contributed by atoms with van der Waals surface area (Å²) in [4.78, 5) is 2.45. The van der Waals surface area contributed by atoms with Gasteiger partial charge in [-0.25, -0.2) is 0 Å². The lowest BCUT2D eigenvalue weighted by Crippen LogP contribution is -2.46. The first-order valence-electron chi connectivity index (χ1n) is 5.71. The van der Waals surface area contributed by atoms with Crippen LogP contribution in [-0.4, -0.2) is 24.0 Å². The zero-order valence-electron chi connectivity index (χ0n) is 9.52. The van der Waals surface area contributed by atoms with E-state index in [-0.39, 0.29) is 0 Å². The minimum atomic E-state index is 0.366. The van der Waals surface area contributed by atoms with E-state index in [0.717, 1.165) is 25.3 Å². The Morgan fingerprint density at radius 3 is 3.00 bits per heavy atom. The predicted octanol–water partition coefficient (Wildman–Crippen LogP) is 2.01. The Hall–Kier alpha value is -0.800. The van der Waals surface area contributed by atoms with Gasteiger partial charge in [0.1, 0.15) is 5.76 Å². The smallest absolute Gasteiger partial charge is 0.120 e. The molecule has 1 aromatic heterocycles. The highest BCUT2D eigenvalue weighted by atomic mass is 16.3. The van der Waals surface area contributed by atoms with Gasteiger partial charge in [-0.15, -0.1) is 0 Å². The average Bonchev–Trinajstić information content (AvgIpc) is 2.74. The number of nitrogens with two attached hydrogens (primary N) is 1. The van der Waals surface area contributed by atoms with Crippen LogP contribution in [0.4, 0.5) is 0 Å². The number of likely N-dealkylation sites (tertiary alicyclic amines) is 1. The number of rotatable bonds is 2. The molecule has 0 radical (unpaired) electrons. The summed E-state index contributed by atoms with van der Waals surface area (Å²) in [7, 11) is 0. The van der Waals surface area contributed by atoms with Gasteiger partial charge in [0.2, 0.25) is 0 Å². The average molecular weight is 208 g/mol. The number of furan rings is 1. The van der Waals surface area contributed by atoms with Gasteiger partial charge in [-0.3, -0.25) is 4.90 Å². The summed E-state index contributed by atoms with van der Waals surface area (Å²) in [6.07, 6.45) is 2.83. The summed E-state index contributed by atoms with van der Waals surface area (Å²) in [5.74, 6) is 1.63. The van der Waals surface area contributed by atoms with Gasteiger partial charge in [0.25, 0.3) is 0 Å². The third kappa shape index (κ3) is 2.24. The van der Waals surface area contributed by atoms with Crippen molar-refractivity contribution in [3.8, 4) is 0 Å². The van der Waals surface area contributed by atoms with E-state index < -0.39 is 0 Å². The van der Waals surface area contributed by atoms with E-state index in [0.29, 0.717) is 18.0 Å². The molecule has 1 aliphatic rings. The Bertz CT molecular complexity index is 297. The minimum absolute atomic E-state index is 0.366. The topological polar surface area (TPSA) is 42.4 Å². The molecule has 15 heavy (non-hydrogen) atoms. The third-order valence-electron chi connectivity index (χ3n) is 3.51. The van der Waals surface area contributed by atoms with E-state index in [2.05, 4.69) is 18.7 Å². The number of hydrogen-bond donors (Lipinski definition) is 1. The summed E-state index contributed by atoms with van der Waals surface area (Å²) < 4.78 is 5.44. The lowest BCUT2D eigenvalue weighted by molar-refractivity contribution is 0.112. The van der Waals surface area contributed by atoms with Crippen LogP contribution in [0.5, 0.6) is 0 Å². The molecule has 1 aliphatic heterocycles. The highest BCUT2D eigenvalue weighted by Gasteiger charge is 2.27. The maximum atomic E-state index is 6.01. The molecule has 0 saturated carbocycles. The molecule has 3 nitrogen and oxygen atoms in total. The lowest BCUT2D eigenvalue weighted by atomic mass is 9.93. The van der Waals surface area contributed by atoms with Gasteiger partial charge in [-0.05, 0) is 31.4 Å². The molecule has 1 aromatic rings. The van der Waals surface area contributed by atoms with Crippen LogP contribution in [0.15, 0.2) is 22.8 Å². The lowest BCUT2D eigenvalue weighted by Gasteiger charge is -2.37. The number of nitrogens with zero attached hydrogens (tertiary/aromatic N) is 1. The summed E-state index contributed by atoms with van der Waals surface area (Å²) in [5.41, 5.74) is 6.01. The van der Waals surface area contributed by atoms with Crippen LogP contribution >= 0.6 is 0 Å². The quantitative estimate of drug-likeness (QED) is 0.808. The largest absolute Gasteiger partial charge is 0.468 e. The van der Waals surface area contributed by atoms with Gasteiger partial charge in [0.15, 0.2) is 0 Å². The first-order valence-corrected chi connectivity index (χ1v) is 5.71. The fraction of sp³-hybridized carbons (Fsp3) is 0.667. The van der Waals surface area contributed by atoms with Crippen LogP contribution in [0, 0.1) is 5.92 Å². The third-order valence-corrected chi connectivity index (χ3v) is 3.51. The van der Waals surface area contributed by atoms with Crippen LogP contribution in [0.1, 0.15) is 32.1 Å². The van der Waals surface area contributed by atoms with Crippen molar-refractivity contribution in [1.82, 2.24) is 4.90 Å². The van der Waals surface area contributed by atoms with E-state index in [1.165, 1.54) is 0 Å². The van der Waals surface area contributed by atoms with Crippen LogP contribution in [0.25, 0.3) is 0 Å². The number of hydrogen-bond acceptors (Lipinski definition) is 3. The van der Waals surface area contributed by atoms with Gasteiger partial charge in [-0.1, -0.05) is 6.92 Å². The van der Waals surface area contributed by atoms with Crippen molar-refractivity contribution in [3.63, 3.8) is 0 Å². The maximum absolute atomic E-state index is 6.01. The molecule has 0 amide bonds. The van der Waals surface area contributed by atoms with Crippen molar-refractivity contribution >= 4 is 0 Å². The Balaban J connectivity index is 2.00. The molecule has 2 N–H and O–H groups in total. The van der Waals surface area contributed by atoms with Gasteiger partial charge < -0.3 is 10.2 Å². The zero-order chi connectivity index (χ0) is 10.8. The van der Waals surface area contributed by atoms with Crippen LogP contribution in [-0.2, 0) is 0 Å². The first kappa shape index (κ1) is 10.7. The molecule has 0 bridgehead atoms. The molecule has 2 rings (SSSR count). The Morgan fingerprint density at radius 1 is 1.60 bits per heavy atom. The summed E-state index contributed by atoms with van der Waals surface area (Å²) >= 11 is 0. The Labute approximate surface area is 91.2 Å². The van der Waals surface area contributed by atoms with Crippen molar-refractivity contribution < 1.29 is 4.42 Å². The van der Waals surface area contributed by atoms with Crippen molar-refractivity contribution in [2.45, 2.75) is 32.4 Å². The molecular weight excluding hydrogens is 188 g/mol. The van der Waals surface area contributed by atoms with Crippen molar-refractivity contribution in [2.24, 2.45) is 11.7 Å². The molecule has 2 heterocycles. The van der Waals surface area contributed by atoms with Crippen molar-refractivity contribution in [1.29, 1.82) is 0 Å². The zero-order valence-corrected chi connectivity index (χ0v) is 9.52. The summed E-state index contributed by atoms with van der Waals surface area (Å²) in [5, 5.41) is 0. The summed E-state index contributed by atoms with van der Waals surface area (Å²) in [6.45, 7) is 6.57. The second-order valence-electron chi connectivity index (χ2n) is 4.62. The molecule has 84 valence electrons.